The van der Waals surface area contributed by atoms with Crippen molar-refractivity contribution in [1.82, 2.24) is 9.97 Å². The topological polar surface area (TPSA) is 37.9 Å². The Morgan fingerprint density at radius 2 is 1.79 bits per heavy atom. The summed E-state index contributed by atoms with van der Waals surface area (Å²) in [5.41, 5.74) is 1.24. The number of ether oxygens (including phenoxy) is 1. The van der Waals surface area contributed by atoms with Gasteiger partial charge in [0.15, 0.2) is 11.6 Å². The van der Waals surface area contributed by atoms with Crippen LogP contribution in [0.15, 0.2) is 36.4 Å². The van der Waals surface area contributed by atoms with E-state index in [9.17, 15) is 8.78 Å². The van der Waals surface area contributed by atoms with Crippen LogP contribution in [0.3, 0.4) is 0 Å². The van der Waals surface area contributed by atoms with Crippen LogP contribution >= 0.6 is 0 Å². The number of fused-ring (bicyclic) bond motifs is 1. The van der Waals surface area contributed by atoms with Gasteiger partial charge in [-0.2, -0.15) is 0 Å². The summed E-state index contributed by atoms with van der Waals surface area (Å²) >= 11 is 0. The van der Waals surface area contributed by atoms with E-state index in [0.717, 1.165) is 17.4 Å². The molecule has 19 heavy (non-hydrogen) atoms. The second kappa shape index (κ2) is 4.35. The summed E-state index contributed by atoms with van der Waals surface area (Å²) in [6.45, 7) is 0. The van der Waals surface area contributed by atoms with E-state index in [1.54, 1.807) is 31.4 Å². The molecular weight excluding hydrogens is 250 g/mol. The Balaban J connectivity index is 2.12. The molecule has 1 aromatic heterocycles. The zero-order valence-corrected chi connectivity index (χ0v) is 10.1. The van der Waals surface area contributed by atoms with Gasteiger partial charge < -0.3 is 9.72 Å². The second-order valence-electron chi connectivity index (χ2n) is 4.07. The molecule has 1 heterocycles. The highest BCUT2D eigenvalue weighted by molar-refractivity contribution is 5.80. The molecular formula is C14H10F2N2O. The molecule has 3 rings (SSSR count). The maximum absolute atomic E-state index is 13.6. The lowest BCUT2D eigenvalue weighted by atomic mass is 10.2. The van der Waals surface area contributed by atoms with Crippen molar-refractivity contribution in [3.8, 4) is 17.1 Å². The number of benzene rings is 2. The van der Waals surface area contributed by atoms with Gasteiger partial charge in [-0.25, -0.2) is 13.8 Å². The van der Waals surface area contributed by atoms with Gasteiger partial charge in [-0.1, -0.05) is 0 Å². The van der Waals surface area contributed by atoms with E-state index in [4.69, 9.17) is 4.74 Å². The molecule has 0 atom stereocenters. The van der Waals surface area contributed by atoms with Crippen LogP contribution in [-0.2, 0) is 0 Å². The summed E-state index contributed by atoms with van der Waals surface area (Å²) < 4.78 is 31.7. The normalized spacial score (nSPS) is 10.9. The van der Waals surface area contributed by atoms with Crippen molar-refractivity contribution in [1.29, 1.82) is 0 Å². The zero-order valence-electron chi connectivity index (χ0n) is 10.1. The number of nitrogens with zero attached hydrogens (tertiary/aromatic N) is 1. The largest absolute Gasteiger partial charge is 0.497 e. The van der Waals surface area contributed by atoms with E-state index >= 15 is 0 Å². The monoisotopic (exact) mass is 260 g/mol. The van der Waals surface area contributed by atoms with Gasteiger partial charge >= 0.3 is 0 Å². The van der Waals surface area contributed by atoms with E-state index < -0.39 is 11.6 Å². The van der Waals surface area contributed by atoms with Crippen molar-refractivity contribution < 1.29 is 13.5 Å². The quantitative estimate of drug-likeness (QED) is 0.765. The minimum absolute atomic E-state index is 0.00539. The van der Waals surface area contributed by atoms with Crippen molar-refractivity contribution in [2.45, 2.75) is 0 Å². The molecule has 0 aliphatic heterocycles. The molecule has 0 fully saturated rings. The van der Waals surface area contributed by atoms with E-state index in [1.807, 2.05) is 0 Å². The maximum atomic E-state index is 13.6. The molecule has 0 radical (unpaired) electrons. The standard InChI is InChI=1S/C14H10F2N2O/c1-19-9-4-2-8(3-5-9)14-17-11-7-6-10(15)12(16)13(11)18-14/h2-7H,1H3,(H,17,18). The molecule has 0 amide bonds. The first-order chi connectivity index (χ1) is 9.19. The Bertz CT molecular complexity index is 735. The number of H-pyrrole nitrogens is 1. The van der Waals surface area contributed by atoms with Crippen molar-refractivity contribution in [2.24, 2.45) is 0 Å². The van der Waals surface area contributed by atoms with Crippen LogP contribution in [0.25, 0.3) is 22.4 Å². The molecule has 0 spiro atoms. The van der Waals surface area contributed by atoms with Crippen LogP contribution in [0.4, 0.5) is 8.78 Å². The number of imidazole rings is 1. The summed E-state index contributed by atoms with van der Waals surface area (Å²) in [5, 5.41) is 0. The Morgan fingerprint density at radius 3 is 2.47 bits per heavy atom. The van der Waals surface area contributed by atoms with E-state index in [1.165, 1.54) is 6.07 Å². The molecule has 96 valence electrons. The third-order valence-corrected chi connectivity index (χ3v) is 2.91. The molecule has 0 saturated heterocycles. The first-order valence-electron chi connectivity index (χ1n) is 5.67. The Labute approximate surface area is 107 Å². The average molecular weight is 260 g/mol. The highest BCUT2D eigenvalue weighted by Crippen LogP contribution is 2.24. The van der Waals surface area contributed by atoms with Crippen LogP contribution in [0, 0.1) is 11.6 Å². The minimum atomic E-state index is -0.937. The number of aromatic nitrogens is 2. The lowest BCUT2D eigenvalue weighted by molar-refractivity contribution is 0.415. The predicted octanol–water partition coefficient (Wildman–Crippen LogP) is 3.52. The molecule has 3 aromatic rings. The molecule has 0 bridgehead atoms. The highest BCUT2D eigenvalue weighted by Gasteiger charge is 2.12. The van der Waals surface area contributed by atoms with Crippen LogP contribution in [-0.4, -0.2) is 17.1 Å². The van der Waals surface area contributed by atoms with Gasteiger partial charge in [-0.05, 0) is 36.4 Å². The fraction of sp³-hybridized carbons (Fsp3) is 0.0714. The SMILES string of the molecule is COc1ccc(-c2nc3c(F)c(F)ccc3[nH]2)cc1. The van der Waals surface area contributed by atoms with E-state index in [0.29, 0.717) is 11.3 Å². The molecule has 3 nitrogen and oxygen atoms in total. The van der Waals surface area contributed by atoms with Crippen LogP contribution in [0.5, 0.6) is 5.75 Å². The van der Waals surface area contributed by atoms with Crippen LogP contribution in [0.1, 0.15) is 0 Å². The van der Waals surface area contributed by atoms with Gasteiger partial charge in [0.25, 0.3) is 0 Å². The molecule has 0 unspecified atom stereocenters. The molecule has 2 aromatic carbocycles. The molecule has 0 aliphatic rings. The predicted molar refractivity (Wildman–Crippen MR) is 68.0 cm³/mol. The fourth-order valence-electron chi connectivity index (χ4n) is 1.90. The molecule has 5 heteroatoms. The van der Waals surface area contributed by atoms with Gasteiger partial charge in [0.2, 0.25) is 0 Å². The van der Waals surface area contributed by atoms with Crippen molar-refractivity contribution in [3.05, 3.63) is 48.0 Å². The van der Waals surface area contributed by atoms with Gasteiger partial charge in [-0.15, -0.1) is 0 Å². The summed E-state index contributed by atoms with van der Waals surface area (Å²) in [5.74, 6) is -0.631. The van der Waals surface area contributed by atoms with Crippen LogP contribution in [0.2, 0.25) is 0 Å². The molecule has 1 N–H and O–H groups in total. The summed E-state index contributed by atoms with van der Waals surface area (Å²) in [4.78, 5) is 7.05. The average Bonchev–Trinajstić information content (AvgIpc) is 2.88. The lowest BCUT2D eigenvalue weighted by Crippen LogP contribution is -1.85. The summed E-state index contributed by atoms with van der Waals surface area (Å²) in [7, 11) is 1.58. The van der Waals surface area contributed by atoms with E-state index in [-0.39, 0.29) is 5.52 Å². The molecule has 0 aliphatic carbocycles. The third kappa shape index (κ3) is 1.93. The number of hydrogen-bond donors (Lipinski definition) is 1. The number of nitrogens with one attached hydrogen (secondary N) is 1. The van der Waals surface area contributed by atoms with Gasteiger partial charge in [0.05, 0.1) is 12.6 Å². The number of aromatic amines is 1. The highest BCUT2D eigenvalue weighted by atomic mass is 19.2. The van der Waals surface area contributed by atoms with E-state index in [2.05, 4.69) is 9.97 Å². The fourth-order valence-corrected chi connectivity index (χ4v) is 1.90. The lowest BCUT2D eigenvalue weighted by Gasteiger charge is -2.00. The van der Waals surface area contributed by atoms with Crippen molar-refractivity contribution in [2.75, 3.05) is 7.11 Å². The maximum Gasteiger partial charge on any atom is 0.186 e. The summed E-state index contributed by atoms with van der Waals surface area (Å²) in [6, 6.07) is 9.69. The smallest absolute Gasteiger partial charge is 0.186 e. The Kier molecular flexibility index (Phi) is 2.67. The second-order valence-corrected chi connectivity index (χ2v) is 4.07. The number of rotatable bonds is 2. The zero-order chi connectivity index (χ0) is 13.4. The molecule has 0 saturated carbocycles. The van der Waals surface area contributed by atoms with Crippen molar-refractivity contribution >= 4 is 11.0 Å². The first-order valence-corrected chi connectivity index (χ1v) is 5.67. The Morgan fingerprint density at radius 1 is 1.05 bits per heavy atom. The number of hydrogen-bond acceptors (Lipinski definition) is 2. The summed E-state index contributed by atoms with van der Waals surface area (Å²) in [6.07, 6.45) is 0. The number of methoxy groups -OCH3 is 1. The minimum Gasteiger partial charge on any atom is -0.497 e. The number of halogens is 2. The third-order valence-electron chi connectivity index (χ3n) is 2.91. The van der Waals surface area contributed by atoms with Gasteiger partial charge in [0, 0.05) is 5.56 Å². The first kappa shape index (κ1) is 11.6. The Hall–Kier alpha value is -2.43. The van der Waals surface area contributed by atoms with Crippen LogP contribution < -0.4 is 4.74 Å². The van der Waals surface area contributed by atoms with Gasteiger partial charge in [-0.3, -0.25) is 0 Å². The van der Waals surface area contributed by atoms with Gasteiger partial charge in [0.1, 0.15) is 17.1 Å². The van der Waals surface area contributed by atoms with Crippen molar-refractivity contribution in [3.63, 3.8) is 0 Å².